The second-order valence-corrected chi connectivity index (χ2v) is 8.85. The van der Waals surface area contributed by atoms with E-state index in [1.54, 1.807) is 0 Å². The fourth-order valence-electron chi connectivity index (χ4n) is 4.03. The van der Waals surface area contributed by atoms with Crippen molar-refractivity contribution in [1.82, 2.24) is 10.6 Å². The maximum absolute atomic E-state index is 12.9. The zero-order valence-corrected chi connectivity index (χ0v) is 15.8. The van der Waals surface area contributed by atoms with Gasteiger partial charge < -0.3 is 10.6 Å². The van der Waals surface area contributed by atoms with Crippen molar-refractivity contribution in [3.05, 3.63) is 30.1 Å². The van der Waals surface area contributed by atoms with Crippen molar-refractivity contribution >= 4 is 28.2 Å². The van der Waals surface area contributed by atoms with E-state index < -0.39 is 21.1 Å². The number of carbonyl (C=O) groups is 1. The van der Waals surface area contributed by atoms with Crippen molar-refractivity contribution in [2.24, 2.45) is 5.41 Å². The first kappa shape index (κ1) is 20.1. The van der Waals surface area contributed by atoms with Gasteiger partial charge in [-0.1, -0.05) is 6.92 Å². The predicted octanol–water partition coefficient (Wildman–Crippen LogP) is 2.06. The van der Waals surface area contributed by atoms with Crippen LogP contribution in [0.5, 0.6) is 0 Å². The van der Waals surface area contributed by atoms with Gasteiger partial charge in [0.05, 0.1) is 16.1 Å². The Bertz CT molecular complexity index is 726. The second-order valence-electron chi connectivity index (χ2n) is 6.74. The third kappa shape index (κ3) is 3.83. The number of nitrogens with one attached hydrogen (secondary N) is 2. The number of hydrogen-bond donors (Lipinski definition) is 2. The molecule has 0 saturated carbocycles. The van der Waals surface area contributed by atoms with Crippen LogP contribution in [0.1, 0.15) is 32.6 Å². The molecule has 2 aliphatic rings. The lowest BCUT2D eigenvalue weighted by Crippen LogP contribution is -2.49. The van der Waals surface area contributed by atoms with Gasteiger partial charge in [0.2, 0.25) is 5.91 Å². The number of carbonyl (C=O) groups excluding carboxylic acids is 1. The van der Waals surface area contributed by atoms with Crippen molar-refractivity contribution in [1.29, 1.82) is 0 Å². The van der Waals surface area contributed by atoms with Gasteiger partial charge in [0.15, 0.2) is 9.84 Å². The molecule has 0 radical (unpaired) electrons. The van der Waals surface area contributed by atoms with Gasteiger partial charge in [-0.3, -0.25) is 4.79 Å². The molecule has 8 heteroatoms. The van der Waals surface area contributed by atoms with Crippen molar-refractivity contribution in [3.63, 3.8) is 0 Å². The van der Waals surface area contributed by atoms with Gasteiger partial charge in [0.25, 0.3) is 0 Å². The molecular weight excluding hydrogens is 367 g/mol. The summed E-state index contributed by atoms with van der Waals surface area (Å²) in [6, 6.07) is 5.35. The number of sulfone groups is 1. The van der Waals surface area contributed by atoms with Crippen molar-refractivity contribution in [3.8, 4) is 0 Å². The molecule has 0 spiro atoms. The molecule has 3 rings (SSSR count). The molecule has 0 unspecified atom stereocenters. The van der Waals surface area contributed by atoms with E-state index in [0.29, 0.717) is 6.04 Å². The summed E-state index contributed by atoms with van der Waals surface area (Å²) in [6.07, 6.45) is 3.68. The zero-order valence-electron chi connectivity index (χ0n) is 14.1. The molecular formula is C17H24ClFN2O3S. The first-order valence-electron chi connectivity index (χ1n) is 8.40. The van der Waals surface area contributed by atoms with Crippen LogP contribution < -0.4 is 10.6 Å². The fourth-order valence-corrected chi connectivity index (χ4v) is 5.19. The van der Waals surface area contributed by atoms with Crippen LogP contribution in [0, 0.1) is 11.2 Å². The molecule has 2 bridgehead atoms. The highest BCUT2D eigenvalue weighted by Crippen LogP contribution is 2.45. The Balaban J connectivity index is 0.00000225. The molecule has 1 aromatic rings. The lowest BCUT2D eigenvalue weighted by atomic mass is 9.71. The Morgan fingerprint density at radius 2 is 2.00 bits per heavy atom. The van der Waals surface area contributed by atoms with Crippen LogP contribution in [-0.4, -0.2) is 38.7 Å². The Hall–Kier alpha value is -1.18. The maximum Gasteiger partial charge on any atom is 0.227 e. The molecule has 2 aliphatic heterocycles. The van der Waals surface area contributed by atoms with Crippen LogP contribution in [0.4, 0.5) is 4.39 Å². The van der Waals surface area contributed by atoms with Gasteiger partial charge in [-0.2, -0.15) is 0 Å². The quantitative estimate of drug-likeness (QED) is 0.729. The second kappa shape index (κ2) is 7.60. The summed E-state index contributed by atoms with van der Waals surface area (Å²) in [5, 5.41) is 6.28. The summed E-state index contributed by atoms with van der Waals surface area (Å²) in [7, 11) is -3.53. The fraction of sp³-hybridized carbons (Fsp3) is 0.588. The van der Waals surface area contributed by atoms with Gasteiger partial charge in [0.1, 0.15) is 5.82 Å². The van der Waals surface area contributed by atoms with Crippen molar-refractivity contribution in [2.75, 3.05) is 12.3 Å². The Morgan fingerprint density at radius 1 is 1.32 bits per heavy atom. The molecule has 0 aliphatic carbocycles. The van der Waals surface area contributed by atoms with E-state index in [1.165, 1.54) is 12.1 Å². The number of fused-ring (bicyclic) bond motifs is 2. The lowest BCUT2D eigenvalue weighted by Gasteiger charge is -2.34. The number of rotatable bonds is 6. The number of benzene rings is 1. The van der Waals surface area contributed by atoms with Gasteiger partial charge in [0, 0.05) is 18.6 Å². The van der Waals surface area contributed by atoms with E-state index in [0.717, 1.165) is 37.8 Å². The minimum atomic E-state index is -3.53. The Labute approximate surface area is 154 Å². The zero-order chi connectivity index (χ0) is 17.4. The van der Waals surface area contributed by atoms with Crippen LogP contribution in [0.25, 0.3) is 0 Å². The van der Waals surface area contributed by atoms with E-state index in [4.69, 9.17) is 0 Å². The molecule has 0 aromatic heterocycles. The molecule has 2 saturated heterocycles. The van der Waals surface area contributed by atoms with Crippen LogP contribution in [0.2, 0.25) is 0 Å². The van der Waals surface area contributed by atoms with Gasteiger partial charge in [-0.05, 0) is 49.9 Å². The summed E-state index contributed by atoms with van der Waals surface area (Å²) in [4.78, 5) is 12.7. The number of hydrogen-bond acceptors (Lipinski definition) is 4. The van der Waals surface area contributed by atoms with Crippen LogP contribution in [-0.2, 0) is 14.6 Å². The summed E-state index contributed by atoms with van der Waals surface area (Å²) in [6.45, 7) is 2.08. The molecule has 25 heavy (non-hydrogen) atoms. The summed E-state index contributed by atoms with van der Waals surface area (Å²) in [5.74, 6) is -0.721. The highest BCUT2D eigenvalue weighted by atomic mass is 35.5. The third-order valence-corrected chi connectivity index (χ3v) is 7.16. The normalized spacial score (nSPS) is 27.8. The average Bonchev–Trinajstić information content (AvgIpc) is 3.16. The van der Waals surface area contributed by atoms with Gasteiger partial charge in [-0.15, -0.1) is 12.4 Å². The first-order chi connectivity index (χ1) is 11.4. The van der Waals surface area contributed by atoms with E-state index >= 15 is 0 Å². The summed E-state index contributed by atoms with van der Waals surface area (Å²) in [5.41, 5.74) is -0.414. The van der Waals surface area contributed by atoms with Crippen molar-refractivity contribution < 1.29 is 17.6 Å². The monoisotopic (exact) mass is 390 g/mol. The molecule has 140 valence electrons. The minimum Gasteiger partial charge on any atom is -0.355 e. The lowest BCUT2D eigenvalue weighted by molar-refractivity contribution is -0.132. The average molecular weight is 391 g/mol. The van der Waals surface area contributed by atoms with E-state index in [1.807, 2.05) is 6.92 Å². The standard InChI is InChI=1S/C17H23FN2O3S.ClH/c1-2-17(11-13-5-8-15(17)20-13)16(21)19-9-10-24(22,23)14-6-3-12(18)4-7-14;/h3-4,6-7,13,15,20H,2,5,8-11H2,1H3,(H,19,21);1H/t13-,15+,17+;/m0./s1. The molecule has 5 nitrogen and oxygen atoms in total. The SMILES string of the molecule is CC[C@@]1(C(=O)NCCS(=O)(=O)c2ccc(F)cc2)C[C@@H]2CC[C@H]1N2.Cl. The van der Waals surface area contributed by atoms with Gasteiger partial charge >= 0.3 is 0 Å². The predicted molar refractivity (Wildman–Crippen MR) is 96.0 cm³/mol. The topological polar surface area (TPSA) is 75.3 Å². The minimum absolute atomic E-state index is 0. The summed E-state index contributed by atoms with van der Waals surface area (Å²) >= 11 is 0. The summed E-state index contributed by atoms with van der Waals surface area (Å²) < 4.78 is 37.4. The van der Waals surface area contributed by atoms with Gasteiger partial charge in [-0.25, -0.2) is 12.8 Å². The molecule has 2 N–H and O–H groups in total. The highest BCUT2D eigenvalue weighted by Gasteiger charge is 2.54. The first-order valence-corrected chi connectivity index (χ1v) is 10.1. The van der Waals surface area contributed by atoms with E-state index in [9.17, 15) is 17.6 Å². The van der Waals surface area contributed by atoms with E-state index in [2.05, 4.69) is 10.6 Å². The molecule has 3 atom stereocenters. The smallest absolute Gasteiger partial charge is 0.227 e. The molecule has 1 amide bonds. The Kier molecular flexibility index (Phi) is 6.12. The third-order valence-electron chi connectivity index (χ3n) is 5.43. The van der Waals surface area contributed by atoms with E-state index in [-0.39, 0.29) is 41.5 Å². The van der Waals surface area contributed by atoms with Crippen molar-refractivity contribution in [2.45, 2.75) is 49.6 Å². The number of halogens is 2. The number of amides is 1. The molecule has 2 heterocycles. The van der Waals surface area contributed by atoms with Crippen LogP contribution in [0.15, 0.2) is 29.2 Å². The molecule has 1 aromatic carbocycles. The van der Waals surface area contributed by atoms with Crippen LogP contribution >= 0.6 is 12.4 Å². The largest absolute Gasteiger partial charge is 0.355 e. The molecule has 2 fully saturated rings. The maximum atomic E-state index is 12.9. The van der Waals surface area contributed by atoms with Crippen LogP contribution in [0.3, 0.4) is 0 Å². The Morgan fingerprint density at radius 3 is 2.52 bits per heavy atom. The highest BCUT2D eigenvalue weighted by molar-refractivity contribution is 7.91.